The predicted octanol–water partition coefficient (Wildman–Crippen LogP) is 4.45. The molecule has 1 aliphatic heterocycles. The number of methoxy groups -OCH3 is 3. The highest BCUT2D eigenvalue weighted by Gasteiger charge is 2.31. The molecule has 0 radical (unpaired) electrons. The Hall–Kier alpha value is -2.07. The predicted molar refractivity (Wildman–Crippen MR) is 120 cm³/mol. The van der Waals surface area contributed by atoms with Crippen LogP contribution < -0.4 is 24.3 Å². The maximum atomic E-state index is 12.5. The molecule has 1 atom stereocenters. The number of ether oxygens (including phenoxy) is 4. The van der Waals surface area contributed by atoms with Gasteiger partial charge in [-0.1, -0.05) is 12.1 Å². The summed E-state index contributed by atoms with van der Waals surface area (Å²) < 4.78 is 57.9. The van der Waals surface area contributed by atoms with E-state index < -0.39 is 6.36 Å². The molecular weight excluding hydrogens is 472 g/mol. The summed E-state index contributed by atoms with van der Waals surface area (Å²) in [5.41, 5.74) is 1.72. The SMILES string of the molecule is COc1cc([C@@H](c2ccc(OC(F)(F)F)cc2)N2CCNCC2)cc(OC)c1OC.Cl.Cl. The number of piperazine rings is 1. The number of nitrogens with one attached hydrogen (secondary N) is 1. The van der Waals surface area contributed by atoms with Gasteiger partial charge in [0.05, 0.1) is 27.4 Å². The van der Waals surface area contributed by atoms with Gasteiger partial charge in [0.15, 0.2) is 11.5 Å². The quantitative estimate of drug-likeness (QED) is 0.608. The van der Waals surface area contributed by atoms with E-state index in [-0.39, 0.29) is 36.6 Å². The molecule has 0 aromatic heterocycles. The van der Waals surface area contributed by atoms with Gasteiger partial charge in [-0.05, 0) is 35.4 Å². The van der Waals surface area contributed by atoms with Crippen molar-refractivity contribution in [2.45, 2.75) is 12.4 Å². The Labute approximate surface area is 197 Å². The Morgan fingerprint density at radius 2 is 1.38 bits per heavy atom. The summed E-state index contributed by atoms with van der Waals surface area (Å²) in [6.45, 7) is 3.19. The molecule has 6 nitrogen and oxygen atoms in total. The average Bonchev–Trinajstić information content (AvgIpc) is 2.74. The smallest absolute Gasteiger partial charge is 0.493 e. The van der Waals surface area contributed by atoms with E-state index in [1.165, 1.54) is 19.2 Å². The van der Waals surface area contributed by atoms with Gasteiger partial charge in [-0.25, -0.2) is 0 Å². The molecule has 0 saturated carbocycles. The van der Waals surface area contributed by atoms with Crippen LogP contribution in [0.5, 0.6) is 23.0 Å². The summed E-state index contributed by atoms with van der Waals surface area (Å²) in [6, 6.07) is 9.49. The van der Waals surface area contributed by atoms with Crippen LogP contribution in [0.15, 0.2) is 36.4 Å². The number of rotatable bonds is 7. The molecular formula is C21H27Cl2F3N2O4. The Balaban J connectivity index is 0.00000256. The molecule has 2 aromatic rings. The maximum absolute atomic E-state index is 12.5. The zero-order chi connectivity index (χ0) is 21.7. The van der Waals surface area contributed by atoms with Crippen LogP contribution in [0.4, 0.5) is 13.2 Å². The highest BCUT2D eigenvalue weighted by molar-refractivity contribution is 5.85. The number of halogens is 5. The minimum Gasteiger partial charge on any atom is -0.493 e. The molecule has 2 aromatic carbocycles. The van der Waals surface area contributed by atoms with Crippen molar-refractivity contribution in [3.63, 3.8) is 0 Å². The number of nitrogens with zero attached hydrogens (tertiary/aromatic N) is 1. The second-order valence-corrected chi connectivity index (χ2v) is 6.76. The van der Waals surface area contributed by atoms with Gasteiger partial charge < -0.3 is 24.3 Å². The van der Waals surface area contributed by atoms with Crippen LogP contribution >= 0.6 is 24.8 Å². The second-order valence-electron chi connectivity index (χ2n) is 6.76. The van der Waals surface area contributed by atoms with Crippen LogP contribution in [0.1, 0.15) is 17.2 Å². The summed E-state index contributed by atoms with van der Waals surface area (Å²) in [6.07, 6.45) is -4.73. The third kappa shape index (κ3) is 6.71. The van der Waals surface area contributed by atoms with Crippen molar-refractivity contribution in [1.29, 1.82) is 0 Å². The lowest BCUT2D eigenvalue weighted by Gasteiger charge is -2.36. The zero-order valence-corrected chi connectivity index (χ0v) is 19.5. The Morgan fingerprint density at radius 1 is 0.844 bits per heavy atom. The van der Waals surface area contributed by atoms with Gasteiger partial charge in [0.1, 0.15) is 5.75 Å². The molecule has 1 heterocycles. The van der Waals surface area contributed by atoms with Crippen LogP contribution in [0.25, 0.3) is 0 Å². The van der Waals surface area contributed by atoms with Gasteiger partial charge in [-0.3, -0.25) is 4.90 Å². The van der Waals surface area contributed by atoms with E-state index in [4.69, 9.17) is 14.2 Å². The molecule has 1 fully saturated rings. The molecule has 0 spiro atoms. The van der Waals surface area contributed by atoms with E-state index in [2.05, 4.69) is 15.0 Å². The Kier molecular flexibility index (Phi) is 10.7. The molecule has 32 heavy (non-hydrogen) atoms. The number of benzene rings is 2. The van der Waals surface area contributed by atoms with Crippen molar-refractivity contribution in [1.82, 2.24) is 10.2 Å². The summed E-state index contributed by atoms with van der Waals surface area (Å²) in [7, 11) is 4.63. The first-order valence-electron chi connectivity index (χ1n) is 9.46. The molecule has 0 amide bonds. The van der Waals surface area contributed by atoms with Gasteiger partial charge in [0.2, 0.25) is 5.75 Å². The van der Waals surface area contributed by atoms with E-state index >= 15 is 0 Å². The Bertz CT molecular complexity index is 823. The second kappa shape index (κ2) is 12.2. The van der Waals surface area contributed by atoms with Crippen LogP contribution in [0.3, 0.4) is 0 Å². The molecule has 1 aliphatic rings. The van der Waals surface area contributed by atoms with Gasteiger partial charge in [-0.2, -0.15) is 0 Å². The molecule has 11 heteroatoms. The van der Waals surface area contributed by atoms with Crippen molar-refractivity contribution >= 4 is 24.8 Å². The molecule has 0 unspecified atom stereocenters. The van der Waals surface area contributed by atoms with Crippen molar-refractivity contribution in [3.05, 3.63) is 47.5 Å². The highest BCUT2D eigenvalue weighted by Crippen LogP contribution is 2.42. The van der Waals surface area contributed by atoms with Crippen LogP contribution in [-0.2, 0) is 0 Å². The first kappa shape index (κ1) is 28.0. The Morgan fingerprint density at radius 3 is 1.81 bits per heavy atom. The summed E-state index contributed by atoms with van der Waals surface area (Å²) in [4.78, 5) is 2.26. The van der Waals surface area contributed by atoms with Crippen molar-refractivity contribution < 1.29 is 32.1 Å². The fraction of sp³-hybridized carbons (Fsp3) is 0.429. The van der Waals surface area contributed by atoms with Gasteiger partial charge in [0, 0.05) is 26.2 Å². The van der Waals surface area contributed by atoms with Gasteiger partial charge in [0.25, 0.3) is 0 Å². The molecule has 180 valence electrons. The van der Waals surface area contributed by atoms with Crippen molar-refractivity contribution in [3.8, 4) is 23.0 Å². The summed E-state index contributed by atoms with van der Waals surface area (Å²) in [5.74, 6) is 1.26. The fourth-order valence-corrected chi connectivity index (χ4v) is 3.67. The number of hydrogen-bond acceptors (Lipinski definition) is 6. The van der Waals surface area contributed by atoms with Gasteiger partial charge >= 0.3 is 6.36 Å². The van der Waals surface area contributed by atoms with Crippen LogP contribution in [-0.4, -0.2) is 58.8 Å². The summed E-state index contributed by atoms with van der Waals surface area (Å²) >= 11 is 0. The first-order chi connectivity index (χ1) is 14.4. The molecule has 3 rings (SSSR count). The zero-order valence-electron chi connectivity index (χ0n) is 17.9. The van der Waals surface area contributed by atoms with Crippen LogP contribution in [0.2, 0.25) is 0 Å². The molecule has 0 bridgehead atoms. The first-order valence-corrected chi connectivity index (χ1v) is 9.46. The van der Waals surface area contributed by atoms with E-state index in [1.807, 2.05) is 12.1 Å². The molecule has 1 saturated heterocycles. The fourth-order valence-electron chi connectivity index (χ4n) is 3.67. The number of alkyl halides is 3. The lowest BCUT2D eigenvalue weighted by molar-refractivity contribution is -0.274. The minimum absolute atomic E-state index is 0. The van der Waals surface area contributed by atoms with E-state index in [0.29, 0.717) is 17.2 Å². The topological polar surface area (TPSA) is 52.2 Å². The molecule has 1 N–H and O–H groups in total. The van der Waals surface area contributed by atoms with E-state index in [9.17, 15) is 13.2 Å². The monoisotopic (exact) mass is 498 g/mol. The number of hydrogen-bond donors (Lipinski definition) is 1. The third-order valence-electron chi connectivity index (χ3n) is 4.95. The van der Waals surface area contributed by atoms with E-state index in [1.54, 1.807) is 26.4 Å². The van der Waals surface area contributed by atoms with Crippen molar-refractivity contribution in [2.75, 3.05) is 47.5 Å². The average molecular weight is 499 g/mol. The maximum Gasteiger partial charge on any atom is 0.573 e. The standard InChI is InChI=1S/C21H25F3N2O4.2ClH/c1-27-17-12-15(13-18(28-2)20(17)29-3)19(26-10-8-25-9-11-26)14-4-6-16(7-5-14)30-21(22,23)24;;/h4-7,12-13,19,25H,8-11H2,1-3H3;2*1H/t19-;;/m1../s1. The normalized spacial score (nSPS) is 15.1. The van der Waals surface area contributed by atoms with Crippen molar-refractivity contribution in [2.24, 2.45) is 0 Å². The highest BCUT2D eigenvalue weighted by atomic mass is 35.5. The van der Waals surface area contributed by atoms with E-state index in [0.717, 1.165) is 37.3 Å². The molecule has 0 aliphatic carbocycles. The largest absolute Gasteiger partial charge is 0.573 e. The lowest BCUT2D eigenvalue weighted by Crippen LogP contribution is -2.45. The summed E-state index contributed by atoms with van der Waals surface area (Å²) in [5, 5.41) is 3.31. The minimum atomic E-state index is -4.73. The third-order valence-corrected chi connectivity index (χ3v) is 4.95. The van der Waals surface area contributed by atoms with Crippen LogP contribution in [0, 0.1) is 0 Å². The van der Waals surface area contributed by atoms with Gasteiger partial charge in [-0.15, -0.1) is 38.0 Å². The lowest BCUT2D eigenvalue weighted by atomic mass is 9.95.